The minimum Gasteiger partial charge on any atom is -0.493 e. The molecule has 0 fully saturated rings. The molecule has 2 atom stereocenters. The number of benzene rings is 1. The second-order valence-electron chi connectivity index (χ2n) is 6.22. The SMILES string of the molecule is COc1cc(Br)c2c3c1OC1CC(=O)C=C[C@]31CCN(C=O)C2. The zero-order chi connectivity index (χ0) is 16.2. The van der Waals surface area contributed by atoms with E-state index in [2.05, 4.69) is 15.9 Å². The summed E-state index contributed by atoms with van der Waals surface area (Å²) in [4.78, 5) is 25.0. The van der Waals surface area contributed by atoms with E-state index in [1.165, 1.54) is 0 Å². The highest BCUT2D eigenvalue weighted by atomic mass is 79.9. The lowest BCUT2D eigenvalue weighted by molar-refractivity contribution is -0.119. The number of ketones is 1. The number of rotatable bonds is 2. The van der Waals surface area contributed by atoms with Gasteiger partial charge in [0.2, 0.25) is 6.41 Å². The molecule has 1 unspecified atom stereocenters. The van der Waals surface area contributed by atoms with Crippen LogP contribution in [-0.2, 0) is 21.5 Å². The first-order chi connectivity index (χ1) is 11.1. The standard InChI is InChI=1S/C17H16BrNO4/c1-22-13-7-12(18)11-8-19(9-20)5-4-17-3-2-10(21)6-14(17)23-16(13)15(11)17/h2-3,7,9,14H,4-6,8H2,1H3/t14?,17-/m1/s1. The number of halogens is 1. The molecule has 1 aromatic rings. The van der Waals surface area contributed by atoms with E-state index < -0.39 is 0 Å². The van der Waals surface area contributed by atoms with Gasteiger partial charge in [-0.25, -0.2) is 0 Å². The molecule has 0 radical (unpaired) electrons. The maximum Gasteiger partial charge on any atom is 0.210 e. The predicted molar refractivity (Wildman–Crippen MR) is 86.6 cm³/mol. The normalized spacial score (nSPS) is 27.8. The minimum absolute atomic E-state index is 0.0736. The molecule has 0 saturated carbocycles. The average molecular weight is 378 g/mol. The van der Waals surface area contributed by atoms with E-state index in [1.54, 1.807) is 18.1 Å². The van der Waals surface area contributed by atoms with E-state index >= 15 is 0 Å². The number of carbonyl (C=O) groups excluding carboxylic acids is 2. The Morgan fingerprint density at radius 1 is 1.52 bits per heavy atom. The van der Waals surface area contributed by atoms with Gasteiger partial charge in [0.1, 0.15) is 6.10 Å². The first-order valence-electron chi connectivity index (χ1n) is 7.57. The Bertz CT molecular complexity index is 745. The fourth-order valence-corrected chi connectivity index (χ4v) is 4.48. The van der Waals surface area contributed by atoms with Gasteiger partial charge in [-0.3, -0.25) is 9.59 Å². The van der Waals surface area contributed by atoms with E-state index in [4.69, 9.17) is 9.47 Å². The second kappa shape index (κ2) is 5.09. The Morgan fingerprint density at radius 2 is 2.35 bits per heavy atom. The van der Waals surface area contributed by atoms with E-state index in [1.807, 2.05) is 12.1 Å². The van der Waals surface area contributed by atoms with Crippen LogP contribution in [0.4, 0.5) is 0 Å². The predicted octanol–water partition coefficient (Wildman–Crippen LogP) is 2.35. The highest BCUT2D eigenvalue weighted by molar-refractivity contribution is 9.10. The molecule has 0 saturated heterocycles. The smallest absolute Gasteiger partial charge is 0.210 e. The van der Waals surface area contributed by atoms with Gasteiger partial charge in [-0.1, -0.05) is 22.0 Å². The van der Waals surface area contributed by atoms with Crippen LogP contribution >= 0.6 is 15.9 Å². The van der Waals surface area contributed by atoms with Gasteiger partial charge >= 0.3 is 0 Å². The van der Waals surface area contributed by atoms with Crippen LogP contribution in [0.1, 0.15) is 24.0 Å². The number of carbonyl (C=O) groups is 2. The van der Waals surface area contributed by atoms with Crippen molar-refractivity contribution < 1.29 is 19.1 Å². The maximum atomic E-state index is 11.9. The topological polar surface area (TPSA) is 55.8 Å². The molecule has 2 heterocycles. The quantitative estimate of drug-likeness (QED) is 0.742. The van der Waals surface area contributed by atoms with Crippen LogP contribution < -0.4 is 9.47 Å². The molecule has 3 aliphatic rings. The van der Waals surface area contributed by atoms with Gasteiger partial charge in [-0.05, 0) is 24.1 Å². The number of ether oxygens (including phenoxy) is 2. The van der Waals surface area contributed by atoms with Crippen molar-refractivity contribution in [2.75, 3.05) is 13.7 Å². The highest BCUT2D eigenvalue weighted by Crippen LogP contribution is 2.56. The third-order valence-electron chi connectivity index (χ3n) is 5.09. The summed E-state index contributed by atoms with van der Waals surface area (Å²) < 4.78 is 12.6. The molecule has 1 aromatic carbocycles. The summed E-state index contributed by atoms with van der Waals surface area (Å²) in [6.07, 6.45) is 5.37. The number of methoxy groups -OCH3 is 1. The highest BCUT2D eigenvalue weighted by Gasteiger charge is 2.53. The van der Waals surface area contributed by atoms with Crippen LogP contribution in [0.15, 0.2) is 22.7 Å². The van der Waals surface area contributed by atoms with Crippen molar-refractivity contribution in [3.8, 4) is 11.5 Å². The molecule has 1 aliphatic carbocycles. The van der Waals surface area contributed by atoms with Crippen molar-refractivity contribution in [3.05, 3.63) is 33.8 Å². The lowest BCUT2D eigenvalue weighted by Gasteiger charge is -2.33. The molecule has 5 nitrogen and oxygen atoms in total. The number of nitrogens with zero attached hydrogens (tertiary/aromatic N) is 1. The fraction of sp³-hybridized carbons (Fsp3) is 0.412. The van der Waals surface area contributed by atoms with Crippen LogP contribution in [0.25, 0.3) is 0 Å². The van der Waals surface area contributed by atoms with Crippen molar-refractivity contribution in [2.24, 2.45) is 0 Å². The zero-order valence-electron chi connectivity index (χ0n) is 12.7. The van der Waals surface area contributed by atoms with Gasteiger partial charge < -0.3 is 14.4 Å². The van der Waals surface area contributed by atoms with E-state index in [0.29, 0.717) is 31.0 Å². The van der Waals surface area contributed by atoms with Crippen molar-refractivity contribution >= 4 is 28.1 Å². The molecule has 0 N–H and O–H groups in total. The first-order valence-corrected chi connectivity index (χ1v) is 8.36. The largest absolute Gasteiger partial charge is 0.493 e. The number of hydrogen-bond donors (Lipinski definition) is 0. The maximum absolute atomic E-state index is 11.9. The van der Waals surface area contributed by atoms with Gasteiger partial charge in [0, 0.05) is 29.5 Å². The summed E-state index contributed by atoms with van der Waals surface area (Å²) in [5.74, 6) is 1.44. The lowest BCUT2D eigenvalue weighted by atomic mass is 9.69. The van der Waals surface area contributed by atoms with Crippen molar-refractivity contribution in [3.63, 3.8) is 0 Å². The molecule has 1 spiro atoms. The summed E-state index contributed by atoms with van der Waals surface area (Å²) >= 11 is 3.61. The third kappa shape index (κ3) is 1.97. The Morgan fingerprint density at radius 3 is 3.09 bits per heavy atom. The average Bonchev–Trinajstić information content (AvgIpc) is 2.77. The van der Waals surface area contributed by atoms with E-state index in [9.17, 15) is 9.59 Å². The first kappa shape index (κ1) is 14.8. The molecule has 1 amide bonds. The van der Waals surface area contributed by atoms with Crippen LogP contribution in [-0.4, -0.2) is 36.9 Å². The molecule has 120 valence electrons. The van der Waals surface area contributed by atoms with Gasteiger partial charge in [-0.2, -0.15) is 0 Å². The van der Waals surface area contributed by atoms with Crippen LogP contribution in [0.2, 0.25) is 0 Å². The summed E-state index contributed by atoms with van der Waals surface area (Å²) in [6, 6.07) is 1.87. The number of hydrogen-bond acceptors (Lipinski definition) is 4. The Hall–Kier alpha value is -1.82. The summed E-state index contributed by atoms with van der Waals surface area (Å²) in [6.45, 7) is 1.15. The third-order valence-corrected chi connectivity index (χ3v) is 5.80. The molecule has 2 aliphatic heterocycles. The molecule has 4 rings (SSSR count). The van der Waals surface area contributed by atoms with E-state index in [0.717, 1.165) is 28.4 Å². The second-order valence-corrected chi connectivity index (χ2v) is 7.07. The lowest BCUT2D eigenvalue weighted by Crippen LogP contribution is -2.41. The number of amides is 1. The van der Waals surface area contributed by atoms with Crippen LogP contribution in [0.3, 0.4) is 0 Å². The van der Waals surface area contributed by atoms with Gasteiger partial charge in [0.25, 0.3) is 0 Å². The molecule has 6 heteroatoms. The molecular formula is C17H16BrNO4. The monoisotopic (exact) mass is 377 g/mol. The molecule has 0 aromatic heterocycles. The van der Waals surface area contributed by atoms with Gasteiger partial charge in [0.15, 0.2) is 17.3 Å². The van der Waals surface area contributed by atoms with Crippen molar-refractivity contribution in [1.82, 2.24) is 4.90 Å². The van der Waals surface area contributed by atoms with Crippen LogP contribution in [0.5, 0.6) is 11.5 Å². The van der Waals surface area contributed by atoms with Gasteiger partial charge in [0.05, 0.1) is 12.5 Å². The van der Waals surface area contributed by atoms with Crippen LogP contribution in [0, 0.1) is 0 Å². The zero-order valence-corrected chi connectivity index (χ0v) is 14.3. The summed E-state index contributed by atoms with van der Waals surface area (Å²) in [5.41, 5.74) is 1.72. The van der Waals surface area contributed by atoms with Crippen molar-refractivity contribution in [1.29, 1.82) is 0 Å². The van der Waals surface area contributed by atoms with Gasteiger partial charge in [-0.15, -0.1) is 0 Å². The molecular weight excluding hydrogens is 362 g/mol. The summed E-state index contributed by atoms with van der Waals surface area (Å²) in [7, 11) is 1.61. The molecule has 23 heavy (non-hydrogen) atoms. The Labute approximate surface area is 142 Å². The van der Waals surface area contributed by atoms with E-state index in [-0.39, 0.29) is 17.3 Å². The minimum atomic E-state index is -0.368. The summed E-state index contributed by atoms with van der Waals surface area (Å²) in [5, 5.41) is 0. The Balaban J connectivity index is 2.00. The van der Waals surface area contributed by atoms with Crippen molar-refractivity contribution in [2.45, 2.75) is 30.9 Å². The fourth-order valence-electron chi connectivity index (χ4n) is 3.95. The molecule has 0 bridgehead atoms. The number of allylic oxidation sites excluding steroid dienone is 1. The Kier molecular flexibility index (Phi) is 3.27.